The van der Waals surface area contributed by atoms with E-state index in [0.29, 0.717) is 25.0 Å². The van der Waals surface area contributed by atoms with Crippen LogP contribution in [0.2, 0.25) is 0 Å². The second-order valence-electron chi connectivity index (χ2n) is 12.0. The van der Waals surface area contributed by atoms with Crippen LogP contribution in [0.15, 0.2) is 58.5 Å². The number of hydrogen-bond acceptors (Lipinski definition) is 10. The Kier molecular flexibility index (Phi) is 16.1. The number of amides is 2. The number of nitrogens with one attached hydrogen (secondary N) is 2. The van der Waals surface area contributed by atoms with Crippen molar-refractivity contribution in [3.05, 3.63) is 58.5 Å². The fourth-order valence-electron chi connectivity index (χ4n) is 5.58. The zero-order valence-corrected chi connectivity index (χ0v) is 27.8. The van der Waals surface area contributed by atoms with Gasteiger partial charge in [-0.3, -0.25) is 14.4 Å². The van der Waals surface area contributed by atoms with Gasteiger partial charge in [0.05, 0.1) is 23.6 Å². The predicted octanol–water partition coefficient (Wildman–Crippen LogP) is 2.90. The van der Waals surface area contributed by atoms with Crippen LogP contribution in [-0.2, 0) is 28.6 Å². The summed E-state index contributed by atoms with van der Waals surface area (Å²) in [5.74, 6) is -2.11. The lowest BCUT2D eigenvalue weighted by atomic mass is 9.85. The summed E-state index contributed by atoms with van der Waals surface area (Å²) in [6.07, 6.45) is 6.95. The number of unbranched alkanes of at least 4 members (excludes halogenated alkanes) is 3. The number of allylic oxidation sites excluding steroid dienone is 4. The maximum Gasteiger partial charge on any atom is 0.405 e. The van der Waals surface area contributed by atoms with Crippen molar-refractivity contribution in [3.63, 3.8) is 0 Å². The third kappa shape index (κ3) is 11.3. The molecule has 2 amide bonds. The van der Waals surface area contributed by atoms with E-state index in [-0.39, 0.29) is 41.5 Å². The molecular formula is C34H51N3O9. The van der Waals surface area contributed by atoms with Crippen molar-refractivity contribution in [2.75, 3.05) is 27.4 Å². The molecule has 6 N–H and O–H groups in total. The molecule has 0 spiro atoms. The van der Waals surface area contributed by atoms with E-state index in [1.165, 1.54) is 20.3 Å². The molecule has 0 aromatic carbocycles. The summed E-state index contributed by atoms with van der Waals surface area (Å²) in [6.45, 7) is 7.59. The van der Waals surface area contributed by atoms with E-state index in [9.17, 15) is 24.3 Å². The minimum Gasteiger partial charge on any atom is -0.439 e. The molecular weight excluding hydrogens is 594 g/mol. The lowest BCUT2D eigenvalue weighted by Gasteiger charge is -2.30. The second kappa shape index (κ2) is 19.2. The quantitative estimate of drug-likeness (QED) is 0.134. The normalized spacial score (nSPS) is 30.0. The number of aliphatic hydroxyl groups excluding tert-OH is 2. The lowest BCUT2D eigenvalue weighted by molar-refractivity contribution is -0.120. The van der Waals surface area contributed by atoms with Gasteiger partial charge in [-0.25, -0.2) is 4.79 Å². The molecule has 0 aromatic rings. The monoisotopic (exact) mass is 645 g/mol. The number of primary amides is 1. The van der Waals surface area contributed by atoms with E-state index in [4.69, 9.17) is 25.1 Å². The van der Waals surface area contributed by atoms with E-state index < -0.39 is 53.9 Å². The largest absolute Gasteiger partial charge is 0.439 e. The molecule has 2 aliphatic rings. The molecule has 12 nitrogen and oxygen atoms in total. The predicted molar refractivity (Wildman–Crippen MR) is 173 cm³/mol. The molecule has 0 saturated carbocycles. The standard InChI is InChI=1S/C34H51N3O9/c1-20-16-24-29(36-14-9-7-8-10-15-38)26(39)19-25(31(24)41)37-33(42)21(2)12-11-13-27(44-5)32(46-34(35)43)23(4)18-22(3)30(40)28(17-20)45-6/h11-13,18-20,22,27-28,30,32,36,38,40H,7-10,14-17H2,1-6H3,(H2,35,43)(H,37,42)/b13-11-,21-12+,23-18+/t20-,22+,27+,28+,30-,32+/m1/s1. The van der Waals surface area contributed by atoms with Gasteiger partial charge in [-0.2, -0.15) is 0 Å². The van der Waals surface area contributed by atoms with Gasteiger partial charge >= 0.3 is 6.09 Å². The van der Waals surface area contributed by atoms with Crippen LogP contribution in [0.4, 0.5) is 4.79 Å². The number of carbonyl (C=O) groups is 4. The first-order valence-electron chi connectivity index (χ1n) is 15.8. The molecule has 0 fully saturated rings. The van der Waals surface area contributed by atoms with E-state index in [1.807, 2.05) is 6.92 Å². The van der Waals surface area contributed by atoms with Crippen LogP contribution in [0.1, 0.15) is 66.2 Å². The fraction of sp³-hybridized carbons (Fsp3) is 0.588. The van der Waals surface area contributed by atoms with Gasteiger partial charge in [-0.15, -0.1) is 0 Å². The molecule has 0 radical (unpaired) electrons. The smallest absolute Gasteiger partial charge is 0.405 e. The Morgan fingerprint density at radius 3 is 2.41 bits per heavy atom. The highest BCUT2D eigenvalue weighted by molar-refractivity contribution is 6.23. The Balaban J connectivity index is 2.54. The lowest BCUT2D eigenvalue weighted by Crippen LogP contribution is -2.38. The number of hydrogen-bond donors (Lipinski definition) is 5. The first-order chi connectivity index (χ1) is 21.8. The maximum absolute atomic E-state index is 13.8. The number of carbonyl (C=O) groups excluding carboxylic acids is 4. The summed E-state index contributed by atoms with van der Waals surface area (Å²) in [7, 11) is 2.93. The Morgan fingerprint density at radius 1 is 1.09 bits per heavy atom. The summed E-state index contributed by atoms with van der Waals surface area (Å²) in [5.41, 5.74) is 6.52. The molecule has 1 aliphatic heterocycles. The minimum atomic E-state index is -1.00. The van der Waals surface area contributed by atoms with Crippen LogP contribution in [0.25, 0.3) is 0 Å². The number of fused-ring (bicyclic) bond motifs is 2. The van der Waals surface area contributed by atoms with Gasteiger partial charge in [0.15, 0.2) is 6.10 Å². The molecule has 0 aromatic heterocycles. The SMILES string of the molecule is CO[C@H]1/C=C\C=C(/C)C(=O)NC2=CC(=O)C(NCCCCCCO)=C(C[C@@H](C)C[C@H](OC)[C@H](O)[C@@H](C)/C=C(\C)[C@@H]1OC(N)=O)C2=O. The summed E-state index contributed by atoms with van der Waals surface area (Å²) in [6, 6.07) is 0. The van der Waals surface area contributed by atoms with Crippen LogP contribution in [-0.4, -0.2) is 85.6 Å². The number of ketones is 2. The molecule has 2 bridgehead atoms. The Morgan fingerprint density at radius 2 is 1.78 bits per heavy atom. The van der Waals surface area contributed by atoms with Crippen LogP contribution >= 0.6 is 0 Å². The third-order valence-corrected chi connectivity index (χ3v) is 8.18. The number of methoxy groups -OCH3 is 2. The van der Waals surface area contributed by atoms with Crippen molar-refractivity contribution < 1.29 is 43.6 Å². The van der Waals surface area contributed by atoms with Gasteiger partial charge in [0.1, 0.15) is 6.10 Å². The molecule has 0 unspecified atom stereocenters. The number of rotatable bonds is 10. The average molecular weight is 646 g/mol. The van der Waals surface area contributed by atoms with Crippen molar-refractivity contribution >= 4 is 23.6 Å². The Bertz CT molecular complexity index is 1250. The molecule has 1 aliphatic carbocycles. The third-order valence-electron chi connectivity index (χ3n) is 8.18. The van der Waals surface area contributed by atoms with E-state index in [0.717, 1.165) is 25.3 Å². The summed E-state index contributed by atoms with van der Waals surface area (Å²) >= 11 is 0. The van der Waals surface area contributed by atoms with Crippen LogP contribution in [0.3, 0.4) is 0 Å². The maximum atomic E-state index is 13.8. The number of ether oxygens (including phenoxy) is 3. The van der Waals surface area contributed by atoms with Crippen molar-refractivity contribution in [2.24, 2.45) is 17.6 Å². The first-order valence-corrected chi connectivity index (χ1v) is 15.8. The average Bonchev–Trinajstić information content (AvgIpc) is 3.01. The molecule has 46 heavy (non-hydrogen) atoms. The van der Waals surface area contributed by atoms with Crippen LogP contribution in [0.5, 0.6) is 0 Å². The Hall–Kier alpha value is -3.58. The van der Waals surface area contributed by atoms with Crippen LogP contribution < -0.4 is 16.4 Å². The fourth-order valence-corrected chi connectivity index (χ4v) is 5.58. The topological polar surface area (TPSA) is 187 Å². The van der Waals surface area contributed by atoms with Crippen molar-refractivity contribution in [2.45, 2.75) is 90.6 Å². The second-order valence-corrected chi connectivity index (χ2v) is 12.0. The zero-order chi connectivity index (χ0) is 34.4. The van der Waals surface area contributed by atoms with Gasteiger partial charge in [-0.05, 0) is 51.0 Å². The summed E-state index contributed by atoms with van der Waals surface area (Å²) in [4.78, 5) is 51.9. The zero-order valence-electron chi connectivity index (χ0n) is 27.8. The van der Waals surface area contributed by atoms with Crippen LogP contribution in [0, 0.1) is 11.8 Å². The van der Waals surface area contributed by atoms with Crippen molar-refractivity contribution in [1.82, 2.24) is 10.6 Å². The Labute approximate surface area is 271 Å². The number of Topliss-reactive ketones (excluding diaryl/α,β-unsaturated/α-hetero) is 1. The van der Waals surface area contributed by atoms with Crippen molar-refractivity contribution in [3.8, 4) is 0 Å². The summed E-state index contributed by atoms with van der Waals surface area (Å²) < 4.78 is 16.6. The highest BCUT2D eigenvalue weighted by Crippen LogP contribution is 2.29. The highest BCUT2D eigenvalue weighted by atomic mass is 16.6. The molecule has 12 heteroatoms. The number of nitrogens with two attached hydrogens (primary N) is 1. The van der Waals surface area contributed by atoms with Gasteiger partial charge in [0.25, 0.3) is 5.91 Å². The van der Waals surface area contributed by atoms with Gasteiger partial charge in [0, 0.05) is 50.5 Å². The van der Waals surface area contributed by atoms with Gasteiger partial charge < -0.3 is 40.8 Å². The highest BCUT2D eigenvalue weighted by Gasteiger charge is 2.33. The summed E-state index contributed by atoms with van der Waals surface area (Å²) in [5, 5.41) is 26.1. The molecule has 1 heterocycles. The van der Waals surface area contributed by atoms with Crippen molar-refractivity contribution in [1.29, 1.82) is 0 Å². The number of aliphatic hydroxyl groups is 2. The first kappa shape index (κ1) is 38.6. The van der Waals surface area contributed by atoms with E-state index in [2.05, 4.69) is 10.6 Å². The molecule has 256 valence electrons. The van der Waals surface area contributed by atoms with Gasteiger partial charge in [0.2, 0.25) is 11.6 Å². The molecule has 2 rings (SSSR count). The van der Waals surface area contributed by atoms with E-state index >= 15 is 0 Å². The molecule has 0 saturated heterocycles. The minimum absolute atomic E-state index is 0.123. The molecule has 6 atom stereocenters. The van der Waals surface area contributed by atoms with Gasteiger partial charge in [-0.1, -0.05) is 51.0 Å². The van der Waals surface area contributed by atoms with E-state index in [1.54, 1.807) is 39.0 Å².